The molecule has 1 aliphatic rings. The van der Waals surface area contributed by atoms with Gasteiger partial charge in [-0.05, 0) is 38.5 Å². The smallest absolute Gasteiger partial charge is 0.249 e. The van der Waals surface area contributed by atoms with Crippen LogP contribution in [0.5, 0.6) is 0 Å². The van der Waals surface area contributed by atoms with Gasteiger partial charge in [0.2, 0.25) is 5.91 Å². The monoisotopic (exact) mass is 1190 g/mol. The van der Waals surface area contributed by atoms with Crippen molar-refractivity contribution >= 4 is 5.91 Å². The molecule has 1 amide bonds. The first-order valence-corrected chi connectivity index (χ1v) is 37.1. The number of carbonyl (C=O) groups excluding carboxylic acids is 1. The van der Waals surface area contributed by atoms with Crippen LogP contribution >= 0.6 is 0 Å². The highest BCUT2D eigenvalue weighted by molar-refractivity contribution is 5.80. The molecule has 11 heteroatoms. The van der Waals surface area contributed by atoms with Crippen LogP contribution < -0.4 is 5.32 Å². The van der Waals surface area contributed by atoms with Crippen molar-refractivity contribution in [3.05, 3.63) is 12.2 Å². The molecule has 0 radical (unpaired) electrons. The van der Waals surface area contributed by atoms with Crippen LogP contribution in [0.15, 0.2) is 12.2 Å². The molecule has 0 aromatic rings. The normalized spacial score (nSPS) is 18.9. The van der Waals surface area contributed by atoms with Crippen LogP contribution in [-0.2, 0) is 14.3 Å². The Morgan fingerprint density at radius 2 is 0.702 bits per heavy atom. The molecule has 1 aliphatic heterocycles. The molecule has 0 spiro atoms. The third-order valence-electron chi connectivity index (χ3n) is 18.3. The van der Waals surface area contributed by atoms with E-state index in [1.165, 1.54) is 302 Å². The zero-order chi connectivity index (χ0) is 61.0. The highest BCUT2D eigenvalue weighted by Crippen LogP contribution is 2.24. The van der Waals surface area contributed by atoms with Gasteiger partial charge in [-0.2, -0.15) is 0 Å². The summed E-state index contributed by atoms with van der Waals surface area (Å²) in [4.78, 5) is 13.3. The van der Waals surface area contributed by atoms with Gasteiger partial charge >= 0.3 is 0 Å². The predicted molar refractivity (Wildman–Crippen MR) is 353 cm³/mol. The van der Waals surface area contributed by atoms with Crippen molar-refractivity contribution in [3.63, 3.8) is 0 Å². The lowest BCUT2D eigenvalue weighted by atomic mass is 9.98. The van der Waals surface area contributed by atoms with Gasteiger partial charge in [-0.25, -0.2) is 0 Å². The van der Waals surface area contributed by atoms with Crippen LogP contribution in [0, 0.1) is 0 Å². The maximum absolute atomic E-state index is 13.3. The number of hydrogen-bond acceptors (Lipinski definition) is 10. The van der Waals surface area contributed by atoms with Gasteiger partial charge in [0.05, 0.1) is 25.4 Å². The molecule has 9 atom stereocenters. The Morgan fingerprint density at radius 1 is 0.405 bits per heavy atom. The quantitative estimate of drug-likeness (QED) is 0.0215. The number of ether oxygens (including phenoxy) is 2. The summed E-state index contributed by atoms with van der Waals surface area (Å²) in [5.41, 5.74) is 0. The molecule has 1 saturated heterocycles. The number of nitrogens with one attached hydrogen (secondary N) is 1. The number of hydrogen-bond donors (Lipinski definition) is 8. The molecule has 11 nitrogen and oxygen atoms in total. The minimum absolute atomic E-state index is 0.260. The van der Waals surface area contributed by atoms with E-state index >= 15 is 0 Å². The fourth-order valence-electron chi connectivity index (χ4n) is 12.4. The Balaban J connectivity index is 2.13. The topological polar surface area (TPSA) is 189 Å². The lowest BCUT2D eigenvalue weighted by Gasteiger charge is -2.40. The maximum atomic E-state index is 13.3. The second-order valence-electron chi connectivity index (χ2n) is 26.4. The molecule has 1 fully saturated rings. The highest BCUT2D eigenvalue weighted by atomic mass is 16.7. The largest absolute Gasteiger partial charge is 0.394 e. The number of rotatable bonds is 66. The van der Waals surface area contributed by atoms with Crippen molar-refractivity contribution in [3.8, 4) is 0 Å². The molecular formula is C73H143NO10. The molecule has 0 bridgehead atoms. The third kappa shape index (κ3) is 48.7. The average molecular weight is 1190 g/mol. The standard InChI is InChI=1S/C73H143NO10/c1-3-5-7-9-11-13-15-17-19-21-23-25-26-27-28-29-30-31-32-33-34-35-36-37-38-39-41-43-45-47-49-51-53-55-57-59-61-66(77)72(82)74-64(63-83-73-71(81)70(80)69(79)67(62-75)84-73)68(78)65(76)60-58-56-54-52-50-48-46-44-42-40-24-22-20-18-16-14-12-10-8-6-4-2/h52,54,64-71,73,75-81H,3-51,53,55-63H2,1-2H3,(H,74,82)/b54-52+. The van der Waals surface area contributed by atoms with Gasteiger partial charge in [0.25, 0.3) is 0 Å². The van der Waals surface area contributed by atoms with Crippen molar-refractivity contribution in [2.75, 3.05) is 13.2 Å². The van der Waals surface area contributed by atoms with Crippen molar-refractivity contribution in [1.82, 2.24) is 5.32 Å². The van der Waals surface area contributed by atoms with Crippen molar-refractivity contribution < 1.29 is 50.0 Å². The summed E-state index contributed by atoms with van der Waals surface area (Å²) in [5.74, 6) is -0.697. The van der Waals surface area contributed by atoms with Crippen LogP contribution in [0.1, 0.15) is 380 Å². The van der Waals surface area contributed by atoms with Gasteiger partial charge in [-0.15, -0.1) is 0 Å². The number of carbonyl (C=O) groups is 1. The molecule has 84 heavy (non-hydrogen) atoms. The maximum Gasteiger partial charge on any atom is 0.249 e. The number of unbranched alkanes of at least 4 members (excludes halogenated alkanes) is 52. The van der Waals surface area contributed by atoms with Crippen LogP contribution in [0.2, 0.25) is 0 Å². The van der Waals surface area contributed by atoms with Crippen LogP contribution in [0.25, 0.3) is 0 Å². The zero-order valence-corrected chi connectivity index (χ0v) is 55.4. The fraction of sp³-hybridized carbons (Fsp3) is 0.959. The van der Waals surface area contributed by atoms with E-state index < -0.39 is 74.2 Å². The first kappa shape index (κ1) is 80.9. The first-order valence-electron chi connectivity index (χ1n) is 37.1. The van der Waals surface area contributed by atoms with Crippen LogP contribution in [0.3, 0.4) is 0 Å². The van der Waals surface area contributed by atoms with Gasteiger partial charge in [-0.3, -0.25) is 4.79 Å². The Morgan fingerprint density at radius 3 is 1.02 bits per heavy atom. The summed E-state index contributed by atoms with van der Waals surface area (Å²) < 4.78 is 11.2. The molecule has 0 aromatic heterocycles. The summed E-state index contributed by atoms with van der Waals surface area (Å²) in [6, 6.07) is -1.18. The second-order valence-corrected chi connectivity index (χ2v) is 26.4. The number of allylic oxidation sites excluding steroid dienone is 2. The molecule has 1 heterocycles. The van der Waals surface area contributed by atoms with E-state index in [2.05, 4.69) is 31.3 Å². The number of aliphatic hydroxyl groups is 7. The SMILES string of the molecule is CCCCCCCCCCCCCCCCCC/C=C/CCCC(O)C(O)C(COC1OC(CO)C(O)C(O)C1O)NC(=O)C(O)CCCCCCCCCCCCCCCCCCCCCCCCCCCCCCCCCCCCCC. The van der Waals surface area contributed by atoms with E-state index in [1.54, 1.807) is 0 Å². The summed E-state index contributed by atoms with van der Waals surface area (Å²) in [7, 11) is 0. The molecule has 0 aromatic carbocycles. The molecule has 1 rings (SSSR count). The summed E-state index contributed by atoms with van der Waals surface area (Å²) in [6.07, 6.45) is 66.1. The minimum Gasteiger partial charge on any atom is -0.394 e. The lowest BCUT2D eigenvalue weighted by Crippen LogP contribution is -2.60. The van der Waals surface area contributed by atoms with E-state index in [4.69, 9.17) is 9.47 Å². The molecule has 8 N–H and O–H groups in total. The minimum atomic E-state index is -1.67. The van der Waals surface area contributed by atoms with Gasteiger partial charge < -0.3 is 50.5 Å². The molecule has 0 saturated carbocycles. The first-order chi connectivity index (χ1) is 41.2. The molecule has 500 valence electrons. The van der Waals surface area contributed by atoms with E-state index in [9.17, 15) is 40.5 Å². The van der Waals surface area contributed by atoms with Gasteiger partial charge in [0.15, 0.2) is 6.29 Å². The van der Waals surface area contributed by atoms with E-state index in [0.717, 1.165) is 38.5 Å². The zero-order valence-electron chi connectivity index (χ0n) is 55.4. The van der Waals surface area contributed by atoms with Crippen molar-refractivity contribution in [1.29, 1.82) is 0 Å². The molecule has 0 aliphatic carbocycles. The Labute approximate surface area is 519 Å². The van der Waals surface area contributed by atoms with Gasteiger partial charge in [0, 0.05) is 0 Å². The van der Waals surface area contributed by atoms with Crippen molar-refractivity contribution in [2.24, 2.45) is 0 Å². The van der Waals surface area contributed by atoms with Crippen molar-refractivity contribution in [2.45, 2.75) is 435 Å². The number of aliphatic hydroxyl groups excluding tert-OH is 7. The predicted octanol–water partition coefficient (Wildman–Crippen LogP) is 18.2. The van der Waals surface area contributed by atoms with Gasteiger partial charge in [-0.1, -0.05) is 353 Å². The fourth-order valence-corrected chi connectivity index (χ4v) is 12.4. The van der Waals surface area contributed by atoms with E-state index in [0.29, 0.717) is 12.8 Å². The summed E-state index contributed by atoms with van der Waals surface area (Å²) in [5, 5.41) is 76.5. The Hall–Kier alpha value is -1.15. The third-order valence-corrected chi connectivity index (χ3v) is 18.3. The Bertz CT molecular complexity index is 1370. The lowest BCUT2D eigenvalue weighted by molar-refractivity contribution is -0.303. The summed E-state index contributed by atoms with van der Waals surface area (Å²) >= 11 is 0. The van der Waals surface area contributed by atoms with Crippen LogP contribution in [0.4, 0.5) is 0 Å². The second kappa shape index (κ2) is 62.1. The van der Waals surface area contributed by atoms with E-state index in [-0.39, 0.29) is 12.8 Å². The Kier molecular flexibility index (Phi) is 59.7. The van der Waals surface area contributed by atoms with Gasteiger partial charge in [0.1, 0.15) is 36.6 Å². The summed E-state index contributed by atoms with van der Waals surface area (Å²) in [6.45, 7) is 3.51. The average Bonchev–Trinajstić information content (AvgIpc) is 3.55. The van der Waals surface area contributed by atoms with E-state index in [1.807, 2.05) is 0 Å². The number of amides is 1. The van der Waals surface area contributed by atoms with Crippen LogP contribution in [-0.4, -0.2) is 110 Å². The molecular weight excluding hydrogens is 1050 g/mol. The molecule has 9 unspecified atom stereocenters. The highest BCUT2D eigenvalue weighted by Gasteiger charge is 2.44.